The molecule has 0 heterocycles. The summed E-state index contributed by atoms with van der Waals surface area (Å²) < 4.78 is 10.2. The van der Waals surface area contributed by atoms with Crippen LogP contribution >= 0.6 is 0 Å². The van der Waals surface area contributed by atoms with Gasteiger partial charge < -0.3 is 14.8 Å². The van der Waals surface area contributed by atoms with E-state index < -0.39 is 4.92 Å². The van der Waals surface area contributed by atoms with E-state index in [0.717, 1.165) is 0 Å². The lowest BCUT2D eigenvalue weighted by molar-refractivity contribution is -0.698. The molecular formula is C12H19N2O4+. The van der Waals surface area contributed by atoms with Crippen LogP contribution in [0, 0.1) is 10.1 Å². The Morgan fingerprint density at radius 2 is 1.83 bits per heavy atom. The zero-order chi connectivity index (χ0) is 13.7. The van der Waals surface area contributed by atoms with E-state index in [1.54, 1.807) is 6.07 Å². The third kappa shape index (κ3) is 3.33. The first kappa shape index (κ1) is 14.2. The summed E-state index contributed by atoms with van der Waals surface area (Å²) >= 11 is 0. The van der Waals surface area contributed by atoms with Crippen LogP contribution in [0.3, 0.4) is 0 Å². The van der Waals surface area contributed by atoms with Gasteiger partial charge in [0.1, 0.15) is 6.54 Å². The first-order chi connectivity index (χ1) is 8.49. The predicted octanol–water partition coefficient (Wildman–Crippen LogP) is 1.08. The summed E-state index contributed by atoms with van der Waals surface area (Å²) in [5.74, 6) is 0.882. The number of nitrogens with two attached hydrogens (primary N) is 1. The molecule has 1 aromatic rings. The molecule has 0 fully saturated rings. The molecule has 18 heavy (non-hydrogen) atoms. The van der Waals surface area contributed by atoms with E-state index in [2.05, 4.69) is 0 Å². The highest BCUT2D eigenvalue weighted by molar-refractivity contribution is 5.53. The van der Waals surface area contributed by atoms with Crippen LogP contribution < -0.4 is 14.8 Å². The van der Waals surface area contributed by atoms with Crippen molar-refractivity contribution < 1.29 is 19.7 Å². The number of ether oxygens (including phenoxy) is 2. The Labute approximate surface area is 106 Å². The highest BCUT2D eigenvalue weighted by atomic mass is 16.6. The van der Waals surface area contributed by atoms with Crippen molar-refractivity contribution in [1.82, 2.24) is 0 Å². The Balaban J connectivity index is 3.16. The molecule has 6 nitrogen and oxygen atoms in total. The van der Waals surface area contributed by atoms with Gasteiger partial charge in [-0.2, -0.15) is 0 Å². The molecule has 1 rings (SSSR count). The second-order valence-electron chi connectivity index (χ2n) is 4.28. The van der Waals surface area contributed by atoms with Gasteiger partial charge in [0.15, 0.2) is 11.5 Å². The minimum absolute atomic E-state index is 0.0598. The van der Waals surface area contributed by atoms with Crippen molar-refractivity contribution in [3.63, 3.8) is 0 Å². The molecule has 0 saturated heterocycles. The van der Waals surface area contributed by atoms with E-state index >= 15 is 0 Å². The molecule has 0 atom stereocenters. The van der Waals surface area contributed by atoms with Crippen LogP contribution in [-0.4, -0.2) is 25.2 Å². The Bertz CT molecular complexity index is 432. The second-order valence-corrected chi connectivity index (χ2v) is 4.28. The van der Waals surface area contributed by atoms with E-state index in [-0.39, 0.29) is 5.69 Å². The number of rotatable bonds is 6. The van der Waals surface area contributed by atoms with E-state index in [1.807, 2.05) is 19.2 Å². The Kier molecular flexibility index (Phi) is 4.91. The van der Waals surface area contributed by atoms with Gasteiger partial charge in [-0.15, -0.1) is 0 Å². The molecule has 0 aliphatic rings. The van der Waals surface area contributed by atoms with Crippen LogP contribution in [0.1, 0.15) is 19.4 Å². The molecule has 0 aliphatic heterocycles. The first-order valence-electron chi connectivity index (χ1n) is 5.72. The predicted molar refractivity (Wildman–Crippen MR) is 67.0 cm³/mol. The molecule has 0 unspecified atom stereocenters. The minimum Gasteiger partial charge on any atom is -0.493 e. The monoisotopic (exact) mass is 255 g/mol. The summed E-state index contributed by atoms with van der Waals surface area (Å²) in [6.45, 7) is 4.60. The van der Waals surface area contributed by atoms with Crippen LogP contribution in [-0.2, 0) is 6.54 Å². The number of hydrogen-bond donors (Lipinski definition) is 1. The summed E-state index contributed by atoms with van der Waals surface area (Å²) in [6.07, 6.45) is 0. The normalized spacial score (nSPS) is 10.5. The van der Waals surface area contributed by atoms with Gasteiger partial charge in [0.25, 0.3) is 5.69 Å². The van der Waals surface area contributed by atoms with E-state index in [0.29, 0.717) is 29.6 Å². The van der Waals surface area contributed by atoms with E-state index in [9.17, 15) is 10.1 Å². The van der Waals surface area contributed by atoms with Crippen molar-refractivity contribution in [2.24, 2.45) is 0 Å². The molecule has 2 N–H and O–H groups in total. The standard InChI is InChI=1S/C12H18N2O4/c1-8(2)13-7-9-5-11(17-3)12(18-4)6-10(9)14(15)16/h5-6,8,13H,7H2,1-4H3/p+1. The van der Waals surface area contributed by atoms with Gasteiger partial charge in [-0.3, -0.25) is 10.1 Å². The first-order valence-corrected chi connectivity index (χ1v) is 5.72. The van der Waals surface area contributed by atoms with E-state index in [4.69, 9.17) is 9.47 Å². The average Bonchev–Trinajstić information content (AvgIpc) is 2.34. The van der Waals surface area contributed by atoms with Crippen LogP contribution in [0.4, 0.5) is 5.69 Å². The Hall–Kier alpha value is -1.82. The van der Waals surface area contributed by atoms with E-state index in [1.165, 1.54) is 20.3 Å². The molecule has 6 heteroatoms. The number of quaternary nitrogens is 1. The molecule has 0 saturated carbocycles. The van der Waals surface area contributed by atoms with Gasteiger partial charge in [0.05, 0.1) is 36.8 Å². The number of benzene rings is 1. The lowest BCUT2D eigenvalue weighted by atomic mass is 10.1. The highest BCUT2D eigenvalue weighted by Crippen LogP contribution is 2.33. The lowest BCUT2D eigenvalue weighted by Gasteiger charge is -2.11. The van der Waals surface area contributed by atoms with Crippen LogP contribution in [0.15, 0.2) is 12.1 Å². The molecule has 1 aromatic carbocycles. The fourth-order valence-electron chi connectivity index (χ4n) is 1.61. The fourth-order valence-corrected chi connectivity index (χ4v) is 1.61. The highest BCUT2D eigenvalue weighted by Gasteiger charge is 2.20. The van der Waals surface area contributed by atoms with Crippen molar-refractivity contribution in [3.8, 4) is 11.5 Å². The van der Waals surface area contributed by atoms with Gasteiger partial charge in [-0.05, 0) is 19.9 Å². The van der Waals surface area contributed by atoms with Crippen molar-refractivity contribution in [2.45, 2.75) is 26.4 Å². The maximum atomic E-state index is 11.0. The summed E-state index contributed by atoms with van der Waals surface area (Å²) in [5, 5.41) is 13.1. The summed E-state index contributed by atoms with van der Waals surface area (Å²) in [7, 11) is 2.97. The van der Waals surface area contributed by atoms with Gasteiger partial charge in [-0.25, -0.2) is 0 Å². The minimum atomic E-state index is -0.397. The molecular weight excluding hydrogens is 236 g/mol. The van der Waals surface area contributed by atoms with Crippen molar-refractivity contribution in [2.75, 3.05) is 14.2 Å². The van der Waals surface area contributed by atoms with Gasteiger partial charge >= 0.3 is 0 Å². The van der Waals surface area contributed by atoms with Gasteiger partial charge in [0, 0.05) is 0 Å². The van der Waals surface area contributed by atoms with Gasteiger partial charge in [-0.1, -0.05) is 0 Å². The summed E-state index contributed by atoms with van der Waals surface area (Å²) in [6, 6.07) is 3.44. The SMILES string of the molecule is COc1cc(C[NH2+]C(C)C)c([N+](=O)[O-])cc1OC. The molecule has 0 bridgehead atoms. The zero-order valence-electron chi connectivity index (χ0n) is 11.1. The van der Waals surface area contributed by atoms with Crippen molar-refractivity contribution in [3.05, 3.63) is 27.8 Å². The topological polar surface area (TPSA) is 78.2 Å². The summed E-state index contributed by atoms with van der Waals surface area (Å²) in [4.78, 5) is 10.6. The van der Waals surface area contributed by atoms with Crippen LogP contribution in [0.2, 0.25) is 0 Å². The molecule has 0 aliphatic carbocycles. The average molecular weight is 255 g/mol. The van der Waals surface area contributed by atoms with Gasteiger partial charge in [0.2, 0.25) is 0 Å². The number of hydrogen-bond acceptors (Lipinski definition) is 4. The molecule has 0 radical (unpaired) electrons. The Morgan fingerprint density at radius 3 is 2.28 bits per heavy atom. The fraction of sp³-hybridized carbons (Fsp3) is 0.500. The molecule has 100 valence electrons. The second kappa shape index (κ2) is 6.20. The Morgan fingerprint density at radius 1 is 1.28 bits per heavy atom. The number of nitro benzene ring substituents is 1. The maximum Gasteiger partial charge on any atom is 0.282 e. The molecule has 0 aromatic heterocycles. The molecule has 0 spiro atoms. The largest absolute Gasteiger partial charge is 0.493 e. The van der Waals surface area contributed by atoms with Crippen LogP contribution in [0.5, 0.6) is 11.5 Å². The quantitative estimate of drug-likeness (QED) is 0.609. The lowest BCUT2D eigenvalue weighted by Crippen LogP contribution is -2.86. The number of nitro groups is 1. The maximum absolute atomic E-state index is 11.0. The number of methoxy groups -OCH3 is 2. The van der Waals surface area contributed by atoms with Crippen molar-refractivity contribution >= 4 is 5.69 Å². The summed E-state index contributed by atoms with van der Waals surface area (Å²) in [5.41, 5.74) is 0.691. The van der Waals surface area contributed by atoms with Crippen molar-refractivity contribution in [1.29, 1.82) is 0 Å². The third-order valence-corrected chi connectivity index (χ3v) is 2.59. The zero-order valence-corrected chi connectivity index (χ0v) is 11.1. The third-order valence-electron chi connectivity index (χ3n) is 2.59. The smallest absolute Gasteiger partial charge is 0.282 e. The number of nitrogens with zero attached hydrogens (tertiary/aromatic N) is 1. The molecule has 0 amide bonds. The van der Waals surface area contributed by atoms with Crippen LogP contribution in [0.25, 0.3) is 0 Å².